The lowest BCUT2D eigenvalue weighted by Crippen LogP contribution is -2.29. The van der Waals surface area contributed by atoms with E-state index < -0.39 is 21.6 Å². The van der Waals surface area contributed by atoms with Gasteiger partial charge in [-0.1, -0.05) is 41.9 Å². The molecule has 5 rings (SSSR count). The van der Waals surface area contributed by atoms with Crippen molar-refractivity contribution < 1.29 is 12.8 Å². The SMILES string of the molecule is CN(C)S(=O)(=O)Nc1c[nH]c(=O)c2c3ccccc3c3nc(-c4c(F)cccc4Cl)[nH]c3c12. The van der Waals surface area contributed by atoms with Crippen LogP contribution in [0.15, 0.2) is 53.5 Å². The van der Waals surface area contributed by atoms with Crippen molar-refractivity contribution in [1.29, 1.82) is 0 Å². The lowest BCUT2D eigenvalue weighted by Gasteiger charge is -2.15. The lowest BCUT2D eigenvalue weighted by molar-refractivity contribution is 0.527. The Hall–Kier alpha value is -3.47. The zero-order valence-corrected chi connectivity index (χ0v) is 19.0. The first-order valence-corrected chi connectivity index (χ1v) is 11.6. The Balaban J connectivity index is 1.97. The van der Waals surface area contributed by atoms with Crippen molar-refractivity contribution in [3.8, 4) is 11.4 Å². The Morgan fingerprint density at radius 1 is 1.06 bits per heavy atom. The maximum Gasteiger partial charge on any atom is 0.301 e. The number of aromatic amines is 2. The quantitative estimate of drug-likeness (QED) is 0.331. The van der Waals surface area contributed by atoms with Gasteiger partial charge in [-0.2, -0.15) is 12.7 Å². The van der Waals surface area contributed by atoms with Crippen LogP contribution in [0.25, 0.3) is 44.0 Å². The smallest absolute Gasteiger partial charge is 0.301 e. The molecule has 0 aliphatic carbocycles. The summed E-state index contributed by atoms with van der Waals surface area (Å²) in [5.41, 5.74) is 0.636. The molecule has 0 bridgehead atoms. The van der Waals surface area contributed by atoms with Crippen molar-refractivity contribution in [2.75, 3.05) is 18.8 Å². The van der Waals surface area contributed by atoms with Crippen molar-refractivity contribution in [2.45, 2.75) is 0 Å². The fourth-order valence-electron chi connectivity index (χ4n) is 3.86. The number of imidazole rings is 1. The topological polar surface area (TPSA) is 111 Å². The highest BCUT2D eigenvalue weighted by Gasteiger charge is 2.23. The summed E-state index contributed by atoms with van der Waals surface area (Å²) in [6.07, 6.45) is 1.29. The van der Waals surface area contributed by atoms with Crippen molar-refractivity contribution in [3.63, 3.8) is 0 Å². The Kier molecular flexibility index (Phi) is 4.89. The van der Waals surface area contributed by atoms with E-state index in [1.807, 2.05) is 0 Å². The molecular weight excluding hydrogens is 469 g/mol. The third kappa shape index (κ3) is 3.34. The number of hydrogen-bond donors (Lipinski definition) is 3. The highest BCUT2D eigenvalue weighted by atomic mass is 35.5. The average Bonchev–Trinajstić information content (AvgIpc) is 3.20. The zero-order valence-electron chi connectivity index (χ0n) is 17.4. The monoisotopic (exact) mass is 485 g/mol. The third-order valence-corrected chi connectivity index (χ3v) is 7.17. The maximum absolute atomic E-state index is 14.7. The van der Waals surface area contributed by atoms with E-state index >= 15 is 0 Å². The summed E-state index contributed by atoms with van der Waals surface area (Å²) in [4.78, 5) is 23.2. The van der Waals surface area contributed by atoms with Crippen molar-refractivity contribution in [3.05, 3.63) is 69.9 Å². The molecule has 168 valence electrons. The molecule has 0 spiro atoms. The normalized spacial score (nSPS) is 12.3. The molecule has 5 aromatic rings. The molecule has 0 aliphatic rings. The number of pyridine rings is 1. The number of rotatable bonds is 4. The second kappa shape index (κ2) is 7.55. The van der Waals surface area contributed by atoms with E-state index in [0.717, 1.165) is 4.31 Å². The standard InChI is InChI=1S/C22H17ClFN5O3S/c1-29(2)33(31,32)28-15-10-25-22(30)16-11-6-3-4-7-12(11)19-20(18(15)16)27-21(26-19)17-13(23)8-5-9-14(17)24/h3-10,28H,1-2H3,(H,25,30)(H,26,27). The van der Waals surface area contributed by atoms with Gasteiger partial charge in [-0.3, -0.25) is 9.52 Å². The third-order valence-electron chi connectivity index (χ3n) is 5.42. The Morgan fingerprint density at radius 2 is 1.79 bits per heavy atom. The van der Waals surface area contributed by atoms with E-state index in [1.165, 1.54) is 32.4 Å². The Labute approximate surface area is 192 Å². The number of benzene rings is 3. The summed E-state index contributed by atoms with van der Waals surface area (Å²) in [5.74, 6) is -0.408. The number of halogens is 2. The minimum Gasteiger partial charge on any atom is -0.337 e. The van der Waals surface area contributed by atoms with Crippen molar-refractivity contribution in [1.82, 2.24) is 19.3 Å². The molecule has 0 atom stereocenters. The van der Waals surface area contributed by atoms with Gasteiger partial charge in [0.1, 0.15) is 11.6 Å². The Bertz CT molecular complexity index is 1720. The van der Waals surface area contributed by atoms with E-state index in [4.69, 9.17) is 11.6 Å². The van der Waals surface area contributed by atoms with Gasteiger partial charge >= 0.3 is 10.2 Å². The molecular formula is C22H17ClFN5O3S. The van der Waals surface area contributed by atoms with Crippen LogP contribution in [0.1, 0.15) is 0 Å². The average molecular weight is 486 g/mol. The molecule has 0 saturated heterocycles. The van der Waals surface area contributed by atoms with Crippen LogP contribution in [0.3, 0.4) is 0 Å². The van der Waals surface area contributed by atoms with E-state index in [2.05, 4.69) is 19.7 Å². The van der Waals surface area contributed by atoms with Gasteiger partial charge in [-0.15, -0.1) is 0 Å². The number of aromatic nitrogens is 3. The van der Waals surface area contributed by atoms with Gasteiger partial charge in [0.2, 0.25) is 0 Å². The fourth-order valence-corrected chi connectivity index (χ4v) is 4.73. The molecule has 3 N–H and O–H groups in total. The molecule has 3 aromatic carbocycles. The lowest BCUT2D eigenvalue weighted by atomic mass is 10.0. The summed E-state index contributed by atoms with van der Waals surface area (Å²) >= 11 is 6.25. The second-order valence-corrected chi connectivity index (χ2v) is 9.91. The van der Waals surface area contributed by atoms with Crippen molar-refractivity contribution in [2.24, 2.45) is 0 Å². The molecule has 2 aromatic heterocycles. The second-order valence-electron chi connectivity index (χ2n) is 7.62. The van der Waals surface area contributed by atoms with E-state index in [-0.39, 0.29) is 27.5 Å². The summed E-state index contributed by atoms with van der Waals surface area (Å²) < 4.78 is 43.3. The molecule has 0 unspecified atom stereocenters. The fraction of sp³-hybridized carbons (Fsp3) is 0.0909. The van der Waals surface area contributed by atoms with Crippen LogP contribution in [-0.4, -0.2) is 41.8 Å². The summed E-state index contributed by atoms with van der Waals surface area (Å²) in [6.45, 7) is 0. The van der Waals surface area contributed by atoms with Crippen LogP contribution in [0.4, 0.5) is 10.1 Å². The van der Waals surface area contributed by atoms with Gasteiger partial charge in [0, 0.05) is 31.1 Å². The number of H-pyrrole nitrogens is 2. The van der Waals surface area contributed by atoms with Crippen LogP contribution in [0.5, 0.6) is 0 Å². The van der Waals surface area contributed by atoms with Crippen LogP contribution in [0.2, 0.25) is 5.02 Å². The largest absolute Gasteiger partial charge is 0.337 e. The van der Waals surface area contributed by atoms with Gasteiger partial charge in [0.05, 0.1) is 32.7 Å². The first-order valence-electron chi connectivity index (χ1n) is 9.79. The predicted octanol–water partition coefficient (Wildman–Crippen LogP) is 4.24. The highest BCUT2D eigenvalue weighted by Crippen LogP contribution is 2.38. The van der Waals surface area contributed by atoms with Gasteiger partial charge in [0.15, 0.2) is 0 Å². The molecule has 0 aliphatic heterocycles. The molecule has 0 fully saturated rings. The molecule has 2 heterocycles. The number of nitrogens with zero attached hydrogens (tertiary/aromatic N) is 2. The highest BCUT2D eigenvalue weighted by molar-refractivity contribution is 7.90. The van der Waals surface area contributed by atoms with Crippen LogP contribution in [-0.2, 0) is 10.2 Å². The van der Waals surface area contributed by atoms with Crippen molar-refractivity contribution >= 4 is 60.1 Å². The first-order chi connectivity index (χ1) is 15.7. The van der Waals surface area contributed by atoms with E-state index in [1.54, 1.807) is 30.3 Å². The Morgan fingerprint density at radius 3 is 2.48 bits per heavy atom. The molecule has 0 saturated carbocycles. The summed E-state index contributed by atoms with van der Waals surface area (Å²) in [7, 11) is -1.12. The molecule has 8 nitrogen and oxygen atoms in total. The number of fused-ring (bicyclic) bond motifs is 6. The van der Waals surface area contributed by atoms with Crippen LogP contribution >= 0.6 is 11.6 Å². The zero-order chi connectivity index (χ0) is 23.5. The van der Waals surface area contributed by atoms with Gasteiger partial charge in [-0.25, -0.2) is 9.37 Å². The van der Waals surface area contributed by atoms with E-state index in [9.17, 15) is 17.6 Å². The van der Waals surface area contributed by atoms with E-state index in [0.29, 0.717) is 27.2 Å². The number of nitrogens with one attached hydrogen (secondary N) is 3. The van der Waals surface area contributed by atoms with Gasteiger partial charge < -0.3 is 9.97 Å². The number of anilines is 1. The predicted molar refractivity (Wildman–Crippen MR) is 128 cm³/mol. The molecule has 0 radical (unpaired) electrons. The van der Waals surface area contributed by atoms with Gasteiger partial charge in [-0.05, 0) is 17.5 Å². The van der Waals surface area contributed by atoms with Gasteiger partial charge in [0.25, 0.3) is 5.56 Å². The molecule has 33 heavy (non-hydrogen) atoms. The summed E-state index contributed by atoms with van der Waals surface area (Å²) in [6, 6.07) is 11.4. The first kappa shape index (κ1) is 21.4. The van der Waals surface area contributed by atoms with Crippen LogP contribution in [0, 0.1) is 5.82 Å². The molecule has 0 amide bonds. The minimum absolute atomic E-state index is 0.0767. The number of hydrogen-bond acceptors (Lipinski definition) is 4. The molecule has 11 heteroatoms. The maximum atomic E-state index is 14.7. The van der Waals surface area contributed by atoms with Crippen LogP contribution < -0.4 is 10.3 Å². The minimum atomic E-state index is -3.89. The summed E-state index contributed by atoms with van der Waals surface area (Å²) in [5, 5.41) is 1.96.